The molecular formula is C33H40N2. The van der Waals surface area contributed by atoms with Crippen molar-refractivity contribution in [3.63, 3.8) is 0 Å². The Kier molecular flexibility index (Phi) is 5.11. The molecule has 3 aromatic rings. The monoisotopic (exact) mass is 464 g/mol. The van der Waals surface area contributed by atoms with E-state index in [9.17, 15) is 0 Å². The number of unbranched alkanes of at least 4 members (excludes halogenated alkanes) is 1. The summed E-state index contributed by atoms with van der Waals surface area (Å²) >= 11 is 0. The molecule has 1 unspecified atom stereocenters. The van der Waals surface area contributed by atoms with E-state index in [0.717, 1.165) is 6.42 Å². The summed E-state index contributed by atoms with van der Waals surface area (Å²) in [4.78, 5) is 5.32. The molecule has 0 amide bonds. The highest BCUT2D eigenvalue weighted by molar-refractivity contribution is 5.90. The van der Waals surface area contributed by atoms with Gasteiger partial charge >= 0.3 is 0 Å². The Morgan fingerprint density at radius 2 is 1.60 bits per heavy atom. The fourth-order valence-electron chi connectivity index (χ4n) is 7.46. The van der Waals surface area contributed by atoms with Crippen LogP contribution in [-0.4, -0.2) is 13.2 Å². The van der Waals surface area contributed by atoms with Crippen molar-refractivity contribution in [2.75, 3.05) is 16.8 Å². The molecule has 0 saturated heterocycles. The minimum atomic E-state index is 0.0268. The molecule has 35 heavy (non-hydrogen) atoms. The van der Waals surface area contributed by atoms with Gasteiger partial charge in [-0.1, -0.05) is 71.4 Å². The van der Waals surface area contributed by atoms with Crippen molar-refractivity contribution in [2.45, 2.75) is 84.7 Å². The lowest BCUT2D eigenvalue weighted by atomic mass is 9.70. The third-order valence-corrected chi connectivity index (χ3v) is 9.65. The smallest absolute Gasteiger partial charge is 0.112 e. The van der Waals surface area contributed by atoms with Crippen molar-refractivity contribution in [1.29, 1.82) is 0 Å². The summed E-state index contributed by atoms with van der Waals surface area (Å²) in [6.07, 6.45) is 7.56. The first-order chi connectivity index (χ1) is 16.9. The van der Waals surface area contributed by atoms with E-state index in [-0.39, 0.29) is 10.8 Å². The fraction of sp³-hybridized carbons (Fsp3) is 0.455. The quantitative estimate of drug-likeness (QED) is 0.373. The summed E-state index contributed by atoms with van der Waals surface area (Å²) < 4.78 is 0. The van der Waals surface area contributed by atoms with E-state index in [0.29, 0.717) is 6.17 Å². The lowest BCUT2D eigenvalue weighted by molar-refractivity contribution is 0.194. The average Bonchev–Trinajstić information content (AvgIpc) is 3.30. The minimum Gasteiger partial charge on any atom is -0.352 e. The van der Waals surface area contributed by atoms with Crippen LogP contribution in [0.3, 0.4) is 0 Å². The van der Waals surface area contributed by atoms with E-state index in [4.69, 9.17) is 0 Å². The van der Waals surface area contributed by atoms with Crippen molar-refractivity contribution in [3.8, 4) is 11.1 Å². The van der Waals surface area contributed by atoms with E-state index in [1.165, 1.54) is 82.5 Å². The van der Waals surface area contributed by atoms with Gasteiger partial charge in [-0.05, 0) is 89.8 Å². The number of nitrogens with zero attached hydrogens (tertiary/aromatic N) is 2. The zero-order valence-electron chi connectivity index (χ0n) is 22.4. The lowest BCUT2D eigenvalue weighted by Gasteiger charge is -2.50. The van der Waals surface area contributed by atoms with E-state index in [1.54, 1.807) is 0 Å². The van der Waals surface area contributed by atoms with E-state index in [2.05, 4.69) is 106 Å². The number of anilines is 3. The molecule has 3 aliphatic rings. The predicted octanol–water partition coefficient (Wildman–Crippen LogP) is 8.61. The molecular weight excluding hydrogens is 424 g/mol. The van der Waals surface area contributed by atoms with Gasteiger partial charge in [0.2, 0.25) is 0 Å². The molecule has 2 heteroatoms. The first-order valence-electron chi connectivity index (χ1n) is 13.8. The van der Waals surface area contributed by atoms with E-state index >= 15 is 0 Å². The first kappa shape index (κ1) is 22.7. The molecule has 0 radical (unpaired) electrons. The molecule has 2 nitrogen and oxygen atoms in total. The molecule has 2 heterocycles. The summed E-state index contributed by atoms with van der Waals surface area (Å²) in [7, 11) is 2.34. The van der Waals surface area contributed by atoms with E-state index in [1.807, 2.05) is 0 Å². The van der Waals surface area contributed by atoms with Gasteiger partial charge in [0.1, 0.15) is 6.17 Å². The number of hydrogen-bond donors (Lipinski definition) is 0. The Balaban J connectivity index is 1.57. The van der Waals surface area contributed by atoms with Crippen LogP contribution in [0, 0.1) is 5.41 Å². The molecule has 0 aromatic heterocycles. The number of benzene rings is 3. The molecule has 0 fully saturated rings. The molecule has 0 N–H and O–H groups in total. The van der Waals surface area contributed by atoms with Crippen LogP contribution in [0.1, 0.15) is 82.6 Å². The van der Waals surface area contributed by atoms with Crippen LogP contribution in [-0.2, 0) is 18.3 Å². The summed E-state index contributed by atoms with van der Waals surface area (Å²) in [5.74, 6) is 0. The number of rotatable bonds is 5. The van der Waals surface area contributed by atoms with Crippen molar-refractivity contribution >= 4 is 17.1 Å². The van der Waals surface area contributed by atoms with Crippen molar-refractivity contribution < 1.29 is 0 Å². The van der Waals surface area contributed by atoms with Crippen molar-refractivity contribution in [1.82, 2.24) is 0 Å². The third-order valence-electron chi connectivity index (χ3n) is 9.65. The van der Waals surface area contributed by atoms with Crippen LogP contribution in [0.2, 0.25) is 0 Å². The summed E-state index contributed by atoms with van der Waals surface area (Å²) in [6.45, 7) is 11.9. The Labute approximate surface area is 212 Å². The molecule has 1 aliphatic carbocycles. The number of hydrogen-bond acceptors (Lipinski definition) is 2. The van der Waals surface area contributed by atoms with Crippen LogP contribution < -0.4 is 9.80 Å². The zero-order chi connectivity index (χ0) is 24.5. The van der Waals surface area contributed by atoms with Gasteiger partial charge in [0.05, 0.1) is 11.4 Å². The van der Waals surface area contributed by atoms with Gasteiger partial charge < -0.3 is 9.80 Å². The maximum absolute atomic E-state index is 2.71. The molecule has 6 rings (SSSR count). The Morgan fingerprint density at radius 3 is 2.34 bits per heavy atom. The molecule has 182 valence electrons. The normalized spacial score (nSPS) is 20.2. The van der Waals surface area contributed by atoms with Gasteiger partial charge in [0.15, 0.2) is 0 Å². The SMILES string of the molecule is CCCCc1ccc2c(c1)N(C)C1N2c2cc3c(cc2CC1(CC)CC)-c1ccccc1C3(C)C. The number of aryl methyl sites for hydroxylation is 1. The minimum absolute atomic E-state index is 0.0268. The Bertz CT molecular complexity index is 1300. The van der Waals surface area contributed by atoms with Crippen LogP contribution in [0.5, 0.6) is 0 Å². The van der Waals surface area contributed by atoms with Gasteiger partial charge in [-0.15, -0.1) is 0 Å². The highest BCUT2D eigenvalue weighted by Gasteiger charge is 2.52. The van der Waals surface area contributed by atoms with Crippen LogP contribution in [0.15, 0.2) is 54.6 Å². The second-order valence-corrected chi connectivity index (χ2v) is 11.7. The Hall–Kier alpha value is -2.74. The highest BCUT2D eigenvalue weighted by atomic mass is 15.4. The van der Waals surface area contributed by atoms with Gasteiger partial charge in [0, 0.05) is 23.6 Å². The largest absolute Gasteiger partial charge is 0.352 e. The topological polar surface area (TPSA) is 6.48 Å². The summed E-state index contributed by atoms with van der Waals surface area (Å²) in [5, 5.41) is 0. The van der Waals surface area contributed by atoms with Crippen LogP contribution in [0.25, 0.3) is 11.1 Å². The first-order valence-corrected chi connectivity index (χ1v) is 13.8. The van der Waals surface area contributed by atoms with Gasteiger partial charge in [0.25, 0.3) is 0 Å². The second-order valence-electron chi connectivity index (χ2n) is 11.7. The average molecular weight is 465 g/mol. The molecule has 1 atom stereocenters. The lowest BCUT2D eigenvalue weighted by Crippen LogP contribution is -2.55. The van der Waals surface area contributed by atoms with Crippen LogP contribution >= 0.6 is 0 Å². The van der Waals surface area contributed by atoms with Crippen molar-refractivity contribution in [2.24, 2.45) is 5.41 Å². The summed E-state index contributed by atoms with van der Waals surface area (Å²) in [5.41, 5.74) is 13.3. The summed E-state index contributed by atoms with van der Waals surface area (Å²) in [6, 6.07) is 21.4. The maximum atomic E-state index is 2.71. The molecule has 0 saturated carbocycles. The standard InChI is InChI=1S/C33H40N2/c1-7-10-13-22-16-17-28-30(18-22)34(6)31-33(8-2,9-3)21-23-19-25-24-14-11-12-15-26(24)32(4,5)27(25)20-29(23)35(28)31/h11-12,14-20,31H,7-10,13,21H2,1-6H3. The molecule has 3 aromatic carbocycles. The zero-order valence-corrected chi connectivity index (χ0v) is 22.4. The molecule has 2 aliphatic heterocycles. The van der Waals surface area contributed by atoms with Gasteiger partial charge in [-0.2, -0.15) is 0 Å². The number of fused-ring (bicyclic) bond motifs is 8. The van der Waals surface area contributed by atoms with E-state index < -0.39 is 0 Å². The van der Waals surface area contributed by atoms with Crippen molar-refractivity contribution in [3.05, 3.63) is 76.9 Å². The Morgan fingerprint density at radius 1 is 0.829 bits per heavy atom. The van der Waals surface area contributed by atoms with Gasteiger partial charge in [-0.25, -0.2) is 0 Å². The van der Waals surface area contributed by atoms with Gasteiger partial charge in [-0.3, -0.25) is 0 Å². The third kappa shape index (κ3) is 3.01. The molecule has 0 spiro atoms. The molecule has 0 bridgehead atoms. The fourth-order valence-corrected chi connectivity index (χ4v) is 7.46. The predicted molar refractivity (Wildman–Crippen MR) is 150 cm³/mol. The second kappa shape index (κ2) is 7.88. The van der Waals surface area contributed by atoms with Crippen LogP contribution in [0.4, 0.5) is 17.1 Å². The maximum Gasteiger partial charge on any atom is 0.112 e. The highest BCUT2D eigenvalue weighted by Crippen LogP contribution is 2.59.